The lowest BCUT2D eigenvalue weighted by atomic mass is 10.1. The average Bonchev–Trinajstić information content (AvgIpc) is 2.53. The van der Waals surface area contributed by atoms with E-state index in [0.717, 1.165) is 12.1 Å². The van der Waals surface area contributed by atoms with Gasteiger partial charge in [0.15, 0.2) is 5.96 Å². The molecule has 0 saturated carbocycles. The number of hydrogen-bond donors (Lipinski definition) is 3. The molecule has 0 aliphatic carbocycles. The molecule has 0 aliphatic heterocycles. The smallest absolute Gasteiger partial charge is 0.355 e. The van der Waals surface area contributed by atoms with Gasteiger partial charge in [-0.05, 0) is 24.6 Å². The molecule has 3 N–H and O–H groups in total. The Bertz CT molecular complexity index is 643. The van der Waals surface area contributed by atoms with Crippen LogP contribution in [0.3, 0.4) is 0 Å². The van der Waals surface area contributed by atoms with E-state index in [1.807, 2.05) is 0 Å². The van der Waals surface area contributed by atoms with Gasteiger partial charge in [-0.3, -0.25) is 4.99 Å². The molecule has 1 rings (SSSR count). The lowest BCUT2D eigenvalue weighted by Gasteiger charge is -2.13. The van der Waals surface area contributed by atoms with Crippen LogP contribution in [0, 0.1) is 0 Å². The van der Waals surface area contributed by atoms with Crippen molar-refractivity contribution in [3.63, 3.8) is 0 Å². The van der Waals surface area contributed by atoms with Gasteiger partial charge in [-0.15, -0.1) is 0 Å². The summed E-state index contributed by atoms with van der Waals surface area (Å²) in [5.41, 5.74) is -0.0328. The molecular weight excluding hydrogens is 345 g/mol. The Morgan fingerprint density at radius 3 is 2.25 bits per heavy atom. The molecule has 0 aromatic heterocycles. The molecule has 0 fully saturated rings. The summed E-state index contributed by atoms with van der Waals surface area (Å²) in [7, 11) is -1.70. The van der Waals surface area contributed by atoms with Gasteiger partial charge in [0.05, 0.1) is 11.3 Å². The SMILES string of the molecule is CCS(=O)(=O)NCCNC(=NC)NCc1ccc(C(F)(F)F)cc1. The lowest BCUT2D eigenvalue weighted by molar-refractivity contribution is -0.137. The van der Waals surface area contributed by atoms with E-state index in [1.165, 1.54) is 19.2 Å². The number of guanidine groups is 1. The highest BCUT2D eigenvalue weighted by Gasteiger charge is 2.29. The first-order valence-electron chi connectivity index (χ1n) is 7.26. The van der Waals surface area contributed by atoms with Gasteiger partial charge in [0.1, 0.15) is 0 Å². The summed E-state index contributed by atoms with van der Waals surface area (Å²) in [6.45, 7) is 2.36. The fraction of sp³-hybridized carbons (Fsp3) is 0.500. The number of nitrogens with one attached hydrogen (secondary N) is 3. The quantitative estimate of drug-likeness (QED) is 0.386. The molecule has 0 amide bonds. The van der Waals surface area contributed by atoms with E-state index in [-0.39, 0.29) is 12.3 Å². The minimum atomic E-state index is -4.35. The highest BCUT2D eigenvalue weighted by atomic mass is 32.2. The summed E-state index contributed by atoms with van der Waals surface area (Å²) in [6.07, 6.45) is -4.35. The molecule has 0 heterocycles. The number of rotatable bonds is 7. The number of halogens is 3. The number of benzene rings is 1. The molecule has 0 spiro atoms. The van der Waals surface area contributed by atoms with Crippen molar-refractivity contribution in [1.29, 1.82) is 0 Å². The molecule has 0 radical (unpaired) electrons. The van der Waals surface area contributed by atoms with E-state index >= 15 is 0 Å². The Kier molecular flexibility index (Phi) is 7.49. The molecule has 0 bridgehead atoms. The third-order valence-electron chi connectivity index (χ3n) is 3.08. The zero-order valence-electron chi connectivity index (χ0n) is 13.4. The molecule has 10 heteroatoms. The molecule has 6 nitrogen and oxygen atoms in total. The van der Waals surface area contributed by atoms with E-state index < -0.39 is 21.8 Å². The van der Waals surface area contributed by atoms with E-state index in [0.29, 0.717) is 24.6 Å². The fourth-order valence-corrected chi connectivity index (χ4v) is 2.32. The molecular formula is C14H21F3N4O2S. The van der Waals surface area contributed by atoms with Gasteiger partial charge in [0.2, 0.25) is 10.0 Å². The Morgan fingerprint density at radius 2 is 1.75 bits per heavy atom. The number of hydrogen-bond acceptors (Lipinski definition) is 3. The Morgan fingerprint density at radius 1 is 1.12 bits per heavy atom. The van der Waals surface area contributed by atoms with Crippen LogP contribution in [0.2, 0.25) is 0 Å². The van der Waals surface area contributed by atoms with E-state index in [2.05, 4.69) is 20.3 Å². The van der Waals surface area contributed by atoms with E-state index in [9.17, 15) is 21.6 Å². The molecule has 0 unspecified atom stereocenters. The first-order chi connectivity index (χ1) is 11.2. The highest BCUT2D eigenvalue weighted by molar-refractivity contribution is 7.89. The number of aliphatic imine (C=N–C) groups is 1. The van der Waals surface area contributed by atoms with Crippen LogP contribution in [-0.4, -0.2) is 40.3 Å². The Hall–Kier alpha value is -1.81. The van der Waals surface area contributed by atoms with Gasteiger partial charge >= 0.3 is 6.18 Å². The maximum Gasteiger partial charge on any atom is 0.416 e. The summed E-state index contributed by atoms with van der Waals surface area (Å²) in [6, 6.07) is 4.82. The average molecular weight is 366 g/mol. The second kappa shape index (κ2) is 8.88. The topological polar surface area (TPSA) is 82.6 Å². The van der Waals surface area contributed by atoms with E-state index in [4.69, 9.17) is 0 Å². The van der Waals surface area contributed by atoms with Crippen LogP contribution in [0.1, 0.15) is 18.1 Å². The normalized spacial score (nSPS) is 13.0. The van der Waals surface area contributed by atoms with Gasteiger partial charge in [-0.25, -0.2) is 13.1 Å². The van der Waals surface area contributed by atoms with Crippen molar-refractivity contribution in [2.45, 2.75) is 19.6 Å². The molecule has 1 aromatic carbocycles. The van der Waals surface area contributed by atoms with Crippen molar-refractivity contribution >= 4 is 16.0 Å². The third-order valence-corrected chi connectivity index (χ3v) is 4.49. The predicted molar refractivity (Wildman–Crippen MR) is 87.1 cm³/mol. The monoisotopic (exact) mass is 366 g/mol. The number of sulfonamides is 1. The molecule has 0 saturated heterocycles. The highest BCUT2D eigenvalue weighted by Crippen LogP contribution is 2.28. The van der Waals surface area contributed by atoms with E-state index in [1.54, 1.807) is 6.92 Å². The molecule has 0 aliphatic rings. The van der Waals surface area contributed by atoms with Gasteiger partial charge < -0.3 is 10.6 Å². The second-order valence-corrected chi connectivity index (χ2v) is 6.94. The summed E-state index contributed by atoms with van der Waals surface area (Å²) in [5, 5.41) is 5.84. The standard InChI is InChI=1S/C14H21F3N4O2S/c1-3-24(22,23)21-9-8-19-13(18-2)20-10-11-4-6-12(7-5-11)14(15,16)17/h4-7,21H,3,8-10H2,1-2H3,(H2,18,19,20). The van der Waals surface area contributed by atoms with Crippen molar-refractivity contribution in [2.75, 3.05) is 25.9 Å². The maximum atomic E-state index is 12.5. The first-order valence-corrected chi connectivity index (χ1v) is 8.91. The molecule has 24 heavy (non-hydrogen) atoms. The number of alkyl halides is 3. The Balaban J connectivity index is 2.42. The van der Waals surface area contributed by atoms with Gasteiger partial charge in [-0.2, -0.15) is 13.2 Å². The first kappa shape index (κ1) is 20.2. The summed E-state index contributed by atoms with van der Waals surface area (Å²) in [5.74, 6) is 0.430. The summed E-state index contributed by atoms with van der Waals surface area (Å²) in [4.78, 5) is 3.95. The number of nitrogens with zero attached hydrogens (tertiary/aromatic N) is 1. The summed E-state index contributed by atoms with van der Waals surface area (Å²) < 4.78 is 62.3. The second-order valence-electron chi connectivity index (χ2n) is 4.84. The van der Waals surface area contributed by atoms with Gasteiger partial charge in [-0.1, -0.05) is 12.1 Å². The van der Waals surface area contributed by atoms with Crippen molar-refractivity contribution in [3.05, 3.63) is 35.4 Å². The summed E-state index contributed by atoms with van der Waals surface area (Å²) >= 11 is 0. The molecule has 136 valence electrons. The van der Waals surface area contributed by atoms with Gasteiger partial charge in [0.25, 0.3) is 0 Å². The largest absolute Gasteiger partial charge is 0.416 e. The Labute approximate surface area is 139 Å². The van der Waals surface area contributed by atoms with Crippen molar-refractivity contribution in [1.82, 2.24) is 15.4 Å². The minimum Gasteiger partial charge on any atom is -0.355 e. The van der Waals surface area contributed by atoms with Crippen LogP contribution in [-0.2, 0) is 22.7 Å². The van der Waals surface area contributed by atoms with Crippen LogP contribution in [0.4, 0.5) is 13.2 Å². The van der Waals surface area contributed by atoms with Crippen molar-refractivity contribution < 1.29 is 21.6 Å². The van der Waals surface area contributed by atoms with Crippen LogP contribution < -0.4 is 15.4 Å². The van der Waals surface area contributed by atoms with Crippen LogP contribution in [0.5, 0.6) is 0 Å². The zero-order valence-corrected chi connectivity index (χ0v) is 14.3. The maximum absolute atomic E-state index is 12.5. The fourth-order valence-electron chi connectivity index (χ4n) is 1.71. The third kappa shape index (κ3) is 7.18. The molecule has 0 atom stereocenters. The van der Waals surface area contributed by atoms with Crippen molar-refractivity contribution in [2.24, 2.45) is 4.99 Å². The van der Waals surface area contributed by atoms with Crippen molar-refractivity contribution in [3.8, 4) is 0 Å². The van der Waals surface area contributed by atoms with Gasteiger partial charge in [0, 0.05) is 26.7 Å². The van der Waals surface area contributed by atoms with Crippen LogP contribution >= 0.6 is 0 Å². The lowest BCUT2D eigenvalue weighted by Crippen LogP contribution is -2.41. The minimum absolute atomic E-state index is 0.00783. The zero-order chi connectivity index (χ0) is 18.2. The van der Waals surface area contributed by atoms with Crippen LogP contribution in [0.25, 0.3) is 0 Å². The van der Waals surface area contributed by atoms with Crippen LogP contribution in [0.15, 0.2) is 29.3 Å². The predicted octanol–water partition coefficient (Wildman–Crippen LogP) is 1.31. The molecule has 1 aromatic rings.